The van der Waals surface area contributed by atoms with Crippen molar-refractivity contribution in [3.8, 4) is 0 Å². The maximum absolute atomic E-state index is 12.5. The second-order valence-electron chi connectivity index (χ2n) is 6.49. The van der Waals surface area contributed by atoms with Crippen molar-refractivity contribution in [3.63, 3.8) is 0 Å². The SMILES string of the molecule is C=CCNS(=O)(=O)c1cccc(C(=O)NC(C)(CN)CC(C)C)c1. The third kappa shape index (κ3) is 5.74. The quantitative estimate of drug-likeness (QED) is 0.587. The highest BCUT2D eigenvalue weighted by Gasteiger charge is 2.26. The summed E-state index contributed by atoms with van der Waals surface area (Å²) in [5.74, 6) is 0.0260. The normalized spacial score (nSPS) is 14.2. The summed E-state index contributed by atoms with van der Waals surface area (Å²) in [6.45, 7) is 9.89. The maximum atomic E-state index is 12.5. The molecule has 1 aromatic carbocycles. The number of benzene rings is 1. The van der Waals surface area contributed by atoms with Crippen LogP contribution in [0.5, 0.6) is 0 Å². The summed E-state index contributed by atoms with van der Waals surface area (Å²) in [6.07, 6.45) is 2.18. The van der Waals surface area contributed by atoms with Gasteiger partial charge in [0.15, 0.2) is 0 Å². The van der Waals surface area contributed by atoms with E-state index < -0.39 is 15.6 Å². The van der Waals surface area contributed by atoms with Crippen molar-refractivity contribution in [1.82, 2.24) is 10.0 Å². The van der Waals surface area contributed by atoms with E-state index in [1.54, 1.807) is 12.1 Å². The highest BCUT2D eigenvalue weighted by atomic mass is 32.2. The number of nitrogens with two attached hydrogens (primary N) is 1. The molecular formula is C17H27N3O3S. The molecule has 0 saturated heterocycles. The predicted octanol–water partition coefficient (Wildman–Crippen LogP) is 1.64. The van der Waals surface area contributed by atoms with Crippen molar-refractivity contribution >= 4 is 15.9 Å². The van der Waals surface area contributed by atoms with Gasteiger partial charge in [-0.25, -0.2) is 13.1 Å². The molecule has 24 heavy (non-hydrogen) atoms. The van der Waals surface area contributed by atoms with E-state index in [9.17, 15) is 13.2 Å². The third-order valence-electron chi connectivity index (χ3n) is 3.55. The molecule has 0 saturated carbocycles. The van der Waals surface area contributed by atoms with E-state index in [2.05, 4.69) is 30.5 Å². The molecule has 7 heteroatoms. The lowest BCUT2D eigenvalue weighted by atomic mass is 9.90. The lowest BCUT2D eigenvalue weighted by Crippen LogP contribution is -2.52. The van der Waals surface area contributed by atoms with Crippen molar-refractivity contribution in [2.45, 2.75) is 37.6 Å². The summed E-state index contributed by atoms with van der Waals surface area (Å²) in [6, 6.07) is 5.92. The van der Waals surface area contributed by atoms with Gasteiger partial charge in [-0.2, -0.15) is 0 Å². The molecule has 0 aromatic heterocycles. The molecule has 0 aliphatic carbocycles. The van der Waals surface area contributed by atoms with E-state index in [-0.39, 0.29) is 22.9 Å². The molecule has 0 bridgehead atoms. The molecule has 1 aromatic rings. The number of hydrogen-bond acceptors (Lipinski definition) is 4. The van der Waals surface area contributed by atoms with Crippen LogP contribution in [0, 0.1) is 5.92 Å². The number of nitrogens with one attached hydrogen (secondary N) is 2. The Kier molecular flexibility index (Phi) is 7.13. The summed E-state index contributed by atoms with van der Waals surface area (Å²) in [5.41, 5.74) is 5.54. The monoisotopic (exact) mass is 353 g/mol. The van der Waals surface area contributed by atoms with Crippen LogP contribution in [-0.4, -0.2) is 33.0 Å². The van der Waals surface area contributed by atoms with Gasteiger partial charge in [0.1, 0.15) is 0 Å². The topological polar surface area (TPSA) is 101 Å². The van der Waals surface area contributed by atoms with Gasteiger partial charge in [-0.3, -0.25) is 4.79 Å². The third-order valence-corrected chi connectivity index (χ3v) is 4.97. The molecule has 1 atom stereocenters. The molecule has 0 radical (unpaired) electrons. The average molecular weight is 353 g/mol. The van der Waals surface area contributed by atoms with Gasteiger partial charge in [0.05, 0.1) is 4.90 Å². The Hall–Kier alpha value is -1.70. The van der Waals surface area contributed by atoms with Crippen LogP contribution in [0.25, 0.3) is 0 Å². The Balaban J connectivity index is 3.01. The summed E-state index contributed by atoms with van der Waals surface area (Å²) in [5, 5.41) is 2.92. The minimum Gasteiger partial charge on any atom is -0.346 e. The van der Waals surface area contributed by atoms with Gasteiger partial charge < -0.3 is 11.1 Å². The fourth-order valence-corrected chi connectivity index (χ4v) is 3.53. The standard InChI is InChI=1S/C17H27N3O3S/c1-5-9-19-24(22,23)15-8-6-7-14(10-15)16(21)20-17(4,12-18)11-13(2)3/h5-8,10,13,19H,1,9,11-12,18H2,2-4H3,(H,20,21). The van der Waals surface area contributed by atoms with Crippen LogP contribution in [0.4, 0.5) is 0 Å². The van der Waals surface area contributed by atoms with Crippen LogP contribution in [0.1, 0.15) is 37.6 Å². The minimum absolute atomic E-state index is 0.0373. The molecule has 0 aliphatic heterocycles. The zero-order valence-corrected chi connectivity index (χ0v) is 15.3. The Morgan fingerprint density at radius 3 is 2.62 bits per heavy atom. The van der Waals surface area contributed by atoms with Crippen molar-refractivity contribution in [1.29, 1.82) is 0 Å². The van der Waals surface area contributed by atoms with Crippen molar-refractivity contribution in [3.05, 3.63) is 42.5 Å². The highest BCUT2D eigenvalue weighted by Crippen LogP contribution is 2.17. The number of carbonyl (C=O) groups excluding carboxylic acids is 1. The van der Waals surface area contributed by atoms with E-state index in [1.165, 1.54) is 18.2 Å². The van der Waals surface area contributed by atoms with Crippen molar-refractivity contribution < 1.29 is 13.2 Å². The molecule has 0 fully saturated rings. The number of rotatable bonds is 9. The number of sulfonamides is 1. The first kappa shape index (κ1) is 20.3. The molecule has 0 heterocycles. The number of amides is 1. The Labute approximate surface area is 144 Å². The zero-order valence-electron chi connectivity index (χ0n) is 14.5. The number of hydrogen-bond donors (Lipinski definition) is 3. The van der Waals surface area contributed by atoms with Crippen LogP contribution in [0.15, 0.2) is 41.8 Å². The predicted molar refractivity (Wildman–Crippen MR) is 96.2 cm³/mol. The molecule has 134 valence electrons. The fraction of sp³-hybridized carbons (Fsp3) is 0.471. The van der Waals surface area contributed by atoms with E-state index in [0.717, 1.165) is 6.42 Å². The molecular weight excluding hydrogens is 326 g/mol. The van der Waals surface area contributed by atoms with E-state index in [4.69, 9.17) is 5.73 Å². The summed E-state index contributed by atoms with van der Waals surface area (Å²) >= 11 is 0. The molecule has 0 spiro atoms. The van der Waals surface area contributed by atoms with Crippen molar-refractivity contribution in [2.24, 2.45) is 11.7 Å². The van der Waals surface area contributed by atoms with E-state index >= 15 is 0 Å². The van der Waals surface area contributed by atoms with Crippen LogP contribution < -0.4 is 15.8 Å². The van der Waals surface area contributed by atoms with Gasteiger partial charge in [0.25, 0.3) is 5.91 Å². The van der Waals surface area contributed by atoms with Gasteiger partial charge in [-0.15, -0.1) is 6.58 Å². The van der Waals surface area contributed by atoms with E-state index in [0.29, 0.717) is 12.5 Å². The van der Waals surface area contributed by atoms with Crippen LogP contribution in [-0.2, 0) is 10.0 Å². The maximum Gasteiger partial charge on any atom is 0.251 e. The molecule has 1 unspecified atom stereocenters. The lowest BCUT2D eigenvalue weighted by Gasteiger charge is -2.31. The molecule has 4 N–H and O–H groups in total. The molecule has 0 aliphatic rings. The van der Waals surface area contributed by atoms with Gasteiger partial charge in [0.2, 0.25) is 10.0 Å². The molecule has 1 rings (SSSR count). The second-order valence-corrected chi connectivity index (χ2v) is 8.25. The first-order valence-electron chi connectivity index (χ1n) is 7.87. The van der Waals surface area contributed by atoms with Crippen molar-refractivity contribution in [2.75, 3.05) is 13.1 Å². The van der Waals surface area contributed by atoms with Crippen LogP contribution in [0.3, 0.4) is 0 Å². The van der Waals surface area contributed by atoms with Gasteiger partial charge in [-0.05, 0) is 37.5 Å². The van der Waals surface area contributed by atoms with Crippen LogP contribution in [0.2, 0.25) is 0 Å². The summed E-state index contributed by atoms with van der Waals surface area (Å²) in [4.78, 5) is 12.5. The Bertz CT molecular complexity index is 686. The first-order chi connectivity index (χ1) is 11.1. The first-order valence-corrected chi connectivity index (χ1v) is 9.35. The fourth-order valence-electron chi connectivity index (χ4n) is 2.49. The van der Waals surface area contributed by atoms with E-state index in [1.807, 2.05) is 6.92 Å². The molecule has 6 nitrogen and oxygen atoms in total. The largest absolute Gasteiger partial charge is 0.346 e. The lowest BCUT2D eigenvalue weighted by molar-refractivity contribution is 0.0898. The second kappa shape index (κ2) is 8.41. The smallest absolute Gasteiger partial charge is 0.251 e. The average Bonchev–Trinajstić information content (AvgIpc) is 2.52. The van der Waals surface area contributed by atoms with Gasteiger partial charge in [0, 0.05) is 24.2 Å². The van der Waals surface area contributed by atoms with Crippen LogP contribution >= 0.6 is 0 Å². The summed E-state index contributed by atoms with van der Waals surface area (Å²) in [7, 11) is -3.67. The Morgan fingerprint density at radius 2 is 2.08 bits per heavy atom. The number of carbonyl (C=O) groups is 1. The van der Waals surface area contributed by atoms with Gasteiger partial charge >= 0.3 is 0 Å². The summed E-state index contributed by atoms with van der Waals surface area (Å²) < 4.78 is 26.7. The highest BCUT2D eigenvalue weighted by molar-refractivity contribution is 7.89. The minimum atomic E-state index is -3.67. The zero-order chi connectivity index (χ0) is 18.4. The van der Waals surface area contributed by atoms with Gasteiger partial charge in [-0.1, -0.05) is 26.0 Å². The Morgan fingerprint density at radius 1 is 1.42 bits per heavy atom. The molecule has 1 amide bonds.